The van der Waals surface area contributed by atoms with Gasteiger partial charge in [0.25, 0.3) is 0 Å². The van der Waals surface area contributed by atoms with Crippen LogP contribution in [0.3, 0.4) is 0 Å². The molecule has 0 aromatic carbocycles. The average Bonchev–Trinajstić information content (AvgIpc) is 3.31. The third-order valence-electron chi connectivity index (χ3n) is 11.9. The van der Waals surface area contributed by atoms with E-state index in [1.54, 1.807) is 0 Å². The summed E-state index contributed by atoms with van der Waals surface area (Å²) in [5.41, 5.74) is 0. The van der Waals surface area contributed by atoms with Crippen molar-refractivity contribution in [2.75, 3.05) is 13.2 Å². The van der Waals surface area contributed by atoms with Gasteiger partial charge in [0, 0.05) is 19.3 Å². The Morgan fingerprint density at radius 1 is 0.318 bits per heavy atom. The van der Waals surface area contributed by atoms with Crippen molar-refractivity contribution in [3.05, 3.63) is 72.9 Å². The zero-order chi connectivity index (χ0) is 47.9. The van der Waals surface area contributed by atoms with Crippen molar-refractivity contribution in [3.63, 3.8) is 0 Å². The minimum absolute atomic E-state index is 0.0877. The summed E-state index contributed by atoms with van der Waals surface area (Å²) in [6.07, 6.45) is 68.9. The third-order valence-corrected chi connectivity index (χ3v) is 11.9. The van der Waals surface area contributed by atoms with Gasteiger partial charge >= 0.3 is 17.9 Å². The molecule has 6 nitrogen and oxygen atoms in total. The molecule has 0 unspecified atom stereocenters. The number of unbranched alkanes of at least 4 members (excludes halogenated alkanes) is 27. The molecule has 0 saturated carbocycles. The Balaban J connectivity index is 4.39. The van der Waals surface area contributed by atoms with Crippen molar-refractivity contribution in [2.24, 2.45) is 0 Å². The van der Waals surface area contributed by atoms with E-state index in [9.17, 15) is 14.4 Å². The lowest BCUT2D eigenvalue weighted by Crippen LogP contribution is -2.30. The van der Waals surface area contributed by atoms with E-state index in [1.807, 2.05) is 0 Å². The SMILES string of the molecule is CC/C=C\C/C=C\C/C=C\CCCCCCCC(=O)O[C@H](COC(=O)CCCCCCC/C=C\C/C=C\CCCC)COC(=O)CCCCCCCCCCC/C=C\CCCCCCCC. The molecule has 380 valence electrons. The highest BCUT2D eigenvalue weighted by Crippen LogP contribution is 2.15. The van der Waals surface area contributed by atoms with Crippen LogP contribution in [0.2, 0.25) is 0 Å². The second-order valence-corrected chi connectivity index (χ2v) is 18.5. The van der Waals surface area contributed by atoms with E-state index >= 15 is 0 Å². The average molecular weight is 921 g/mol. The predicted molar refractivity (Wildman–Crippen MR) is 284 cm³/mol. The van der Waals surface area contributed by atoms with E-state index in [2.05, 4.69) is 93.7 Å². The highest BCUT2D eigenvalue weighted by Gasteiger charge is 2.19. The first-order valence-electron chi connectivity index (χ1n) is 27.9. The molecule has 0 saturated heterocycles. The standard InChI is InChI=1S/C60H104O6/c1-4-7-10-13-16-19-22-25-28-29-30-31-33-35-38-41-44-47-50-53-59(62)65-56-57(55-64-58(61)52-49-46-43-40-37-34-27-24-21-18-15-12-9-6-3)66-60(63)54-51-48-45-42-39-36-32-26-23-20-17-14-11-8-5-2/h8,11,15,17-18,20,24-28,32,57H,4-7,9-10,12-14,16,19,21-23,29-31,33-56H2,1-3H3/b11-8-,18-15-,20-17-,27-24-,28-25-,32-26-/t57-/m1/s1. The molecule has 0 bridgehead atoms. The maximum absolute atomic E-state index is 12.8. The summed E-state index contributed by atoms with van der Waals surface area (Å²) in [4.78, 5) is 38.1. The van der Waals surface area contributed by atoms with Gasteiger partial charge in [0.05, 0.1) is 0 Å². The van der Waals surface area contributed by atoms with Crippen LogP contribution in [-0.2, 0) is 28.6 Å². The van der Waals surface area contributed by atoms with Gasteiger partial charge in [-0.1, -0.05) is 222 Å². The molecule has 0 N–H and O–H groups in total. The smallest absolute Gasteiger partial charge is 0.306 e. The summed E-state index contributed by atoms with van der Waals surface area (Å²) in [6.45, 7) is 6.47. The molecule has 66 heavy (non-hydrogen) atoms. The lowest BCUT2D eigenvalue weighted by Gasteiger charge is -2.18. The predicted octanol–water partition coefficient (Wildman–Crippen LogP) is 18.6. The molecule has 0 aromatic rings. The fraction of sp³-hybridized carbons (Fsp3) is 0.750. The molecule has 0 aliphatic rings. The van der Waals surface area contributed by atoms with Crippen LogP contribution in [-0.4, -0.2) is 37.2 Å². The van der Waals surface area contributed by atoms with Crippen LogP contribution in [0.5, 0.6) is 0 Å². The van der Waals surface area contributed by atoms with Gasteiger partial charge in [-0.05, 0) is 103 Å². The van der Waals surface area contributed by atoms with Gasteiger partial charge in [-0.25, -0.2) is 0 Å². The van der Waals surface area contributed by atoms with Gasteiger partial charge in [-0.2, -0.15) is 0 Å². The number of hydrogen-bond donors (Lipinski definition) is 0. The number of carbonyl (C=O) groups excluding carboxylic acids is 3. The van der Waals surface area contributed by atoms with Crippen LogP contribution < -0.4 is 0 Å². The second kappa shape index (κ2) is 54.5. The summed E-state index contributed by atoms with van der Waals surface area (Å²) < 4.78 is 16.8. The minimum Gasteiger partial charge on any atom is -0.462 e. The monoisotopic (exact) mass is 921 g/mol. The maximum Gasteiger partial charge on any atom is 0.306 e. The van der Waals surface area contributed by atoms with E-state index in [0.29, 0.717) is 19.3 Å². The van der Waals surface area contributed by atoms with Gasteiger partial charge in [0.15, 0.2) is 6.10 Å². The van der Waals surface area contributed by atoms with Crippen LogP contribution in [0.25, 0.3) is 0 Å². The molecule has 0 aliphatic carbocycles. The van der Waals surface area contributed by atoms with E-state index in [0.717, 1.165) is 122 Å². The zero-order valence-corrected chi connectivity index (χ0v) is 43.4. The second-order valence-electron chi connectivity index (χ2n) is 18.5. The molecule has 1 atom stereocenters. The Kier molecular flexibility index (Phi) is 51.9. The fourth-order valence-electron chi connectivity index (χ4n) is 7.70. The first-order chi connectivity index (χ1) is 32.5. The molecule has 0 spiro atoms. The van der Waals surface area contributed by atoms with Crippen molar-refractivity contribution in [1.29, 1.82) is 0 Å². The van der Waals surface area contributed by atoms with E-state index in [4.69, 9.17) is 14.2 Å². The highest BCUT2D eigenvalue weighted by atomic mass is 16.6. The number of allylic oxidation sites excluding steroid dienone is 12. The van der Waals surface area contributed by atoms with Gasteiger partial charge < -0.3 is 14.2 Å². The molecule has 0 radical (unpaired) electrons. The van der Waals surface area contributed by atoms with E-state index in [-0.39, 0.29) is 31.1 Å². The van der Waals surface area contributed by atoms with Gasteiger partial charge in [0.2, 0.25) is 0 Å². The molecule has 0 amide bonds. The zero-order valence-electron chi connectivity index (χ0n) is 43.4. The van der Waals surface area contributed by atoms with Crippen LogP contribution >= 0.6 is 0 Å². The molecule has 0 aromatic heterocycles. The number of ether oxygens (including phenoxy) is 3. The lowest BCUT2D eigenvalue weighted by molar-refractivity contribution is -0.167. The molecule has 0 aliphatic heterocycles. The Bertz CT molecular complexity index is 1240. The minimum atomic E-state index is -0.791. The van der Waals surface area contributed by atoms with Crippen molar-refractivity contribution < 1.29 is 28.6 Å². The number of hydrogen-bond acceptors (Lipinski definition) is 6. The Morgan fingerprint density at radius 2 is 0.606 bits per heavy atom. The summed E-state index contributed by atoms with van der Waals surface area (Å²) in [7, 11) is 0. The summed E-state index contributed by atoms with van der Waals surface area (Å²) >= 11 is 0. The Morgan fingerprint density at radius 3 is 0.985 bits per heavy atom. The molecular weight excluding hydrogens is 817 g/mol. The Labute approximate surface area is 408 Å². The lowest BCUT2D eigenvalue weighted by atomic mass is 10.1. The molecule has 0 rings (SSSR count). The number of esters is 3. The van der Waals surface area contributed by atoms with Crippen LogP contribution in [0.4, 0.5) is 0 Å². The quantitative estimate of drug-likeness (QED) is 0.0262. The topological polar surface area (TPSA) is 78.9 Å². The van der Waals surface area contributed by atoms with Crippen LogP contribution in [0, 0.1) is 0 Å². The first-order valence-corrected chi connectivity index (χ1v) is 27.9. The van der Waals surface area contributed by atoms with Crippen LogP contribution in [0.15, 0.2) is 72.9 Å². The van der Waals surface area contributed by atoms with Gasteiger partial charge in [-0.3, -0.25) is 14.4 Å². The summed E-state index contributed by atoms with van der Waals surface area (Å²) in [6, 6.07) is 0. The molecule has 6 heteroatoms. The maximum atomic E-state index is 12.8. The largest absolute Gasteiger partial charge is 0.462 e. The van der Waals surface area contributed by atoms with Crippen LogP contribution in [0.1, 0.15) is 271 Å². The summed E-state index contributed by atoms with van der Waals surface area (Å²) in [5, 5.41) is 0. The fourth-order valence-corrected chi connectivity index (χ4v) is 7.70. The van der Waals surface area contributed by atoms with Gasteiger partial charge in [0.1, 0.15) is 13.2 Å². The number of carbonyl (C=O) groups is 3. The normalized spacial score (nSPS) is 12.6. The number of rotatable bonds is 50. The van der Waals surface area contributed by atoms with Crippen molar-refractivity contribution in [2.45, 2.75) is 277 Å². The summed E-state index contributed by atoms with van der Waals surface area (Å²) in [5.74, 6) is -0.916. The van der Waals surface area contributed by atoms with Crippen molar-refractivity contribution >= 4 is 17.9 Å². The Hall–Kier alpha value is -3.15. The van der Waals surface area contributed by atoms with Crippen molar-refractivity contribution in [1.82, 2.24) is 0 Å². The molecule has 0 fully saturated rings. The van der Waals surface area contributed by atoms with E-state index < -0.39 is 6.10 Å². The highest BCUT2D eigenvalue weighted by molar-refractivity contribution is 5.71. The first kappa shape index (κ1) is 62.8. The third kappa shape index (κ3) is 51.8. The molecule has 0 heterocycles. The van der Waals surface area contributed by atoms with E-state index in [1.165, 1.54) is 109 Å². The van der Waals surface area contributed by atoms with Crippen molar-refractivity contribution in [3.8, 4) is 0 Å². The molecular formula is C60H104O6. The van der Waals surface area contributed by atoms with Gasteiger partial charge in [-0.15, -0.1) is 0 Å².